The molecule has 2 aromatic carbocycles. The Morgan fingerprint density at radius 1 is 1.15 bits per heavy atom. The fourth-order valence-corrected chi connectivity index (χ4v) is 2.99. The average molecular weight is 388 g/mol. The molecule has 0 fully saturated rings. The predicted octanol–water partition coefficient (Wildman–Crippen LogP) is 2.97. The van der Waals surface area contributed by atoms with Crippen molar-refractivity contribution in [2.75, 3.05) is 13.7 Å². The minimum Gasteiger partial charge on any atom is -0.494 e. The molecule has 6 nitrogen and oxygen atoms in total. The molecule has 1 atom stereocenters. The molecule has 1 unspecified atom stereocenters. The smallest absolute Gasteiger partial charge is 0.246 e. The number of carbonyl (C=O) groups excluding carboxylic acids is 1. The molecule has 0 saturated heterocycles. The van der Waals surface area contributed by atoms with Crippen LogP contribution in [-0.2, 0) is 14.8 Å². The average Bonchev–Trinajstić information content (AvgIpc) is 2.65. The predicted molar refractivity (Wildman–Crippen MR) is 106 cm³/mol. The van der Waals surface area contributed by atoms with Crippen molar-refractivity contribution in [3.8, 4) is 5.75 Å². The van der Waals surface area contributed by atoms with Gasteiger partial charge in [-0.15, -0.1) is 0 Å². The van der Waals surface area contributed by atoms with Gasteiger partial charge in [0.2, 0.25) is 15.9 Å². The van der Waals surface area contributed by atoms with Crippen LogP contribution in [0.3, 0.4) is 0 Å². The van der Waals surface area contributed by atoms with Crippen molar-refractivity contribution in [1.82, 2.24) is 4.90 Å². The van der Waals surface area contributed by atoms with E-state index in [1.54, 1.807) is 30.2 Å². The van der Waals surface area contributed by atoms with E-state index in [2.05, 4.69) is 0 Å². The highest BCUT2D eigenvalue weighted by atomic mass is 32.2. The quantitative estimate of drug-likeness (QED) is 0.739. The molecule has 7 heteroatoms. The third kappa shape index (κ3) is 5.67. The molecule has 2 aromatic rings. The van der Waals surface area contributed by atoms with E-state index in [9.17, 15) is 13.2 Å². The SMILES string of the molecule is CCOc1ccc(/C=C/C(=O)N(C)C(C)c2ccc(S(N)(=O)=O)cc2)cc1. The second-order valence-electron chi connectivity index (χ2n) is 6.07. The number of ether oxygens (including phenoxy) is 1. The number of nitrogens with two attached hydrogens (primary N) is 1. The lowest BCUT2D eigenvalue weighted by molar-refractivity contribution is -0.126. The normalized spacial score (nSPS) is 12.7. The first kappa shape index (κ1) is 20.7. The zero-order chi connectivity index (χ0) is 20.0. The molecule has 0 saturated carbocycles. The van der Waals surface area contributed by atoms with Crippen LogP contribution >= 0.6 is 0 Å². The number of amides is 1. The third-order valence-corrected chi connectivity index (χ3v) is 5.16. The van der Waals surface area contributed by atoms with E-state index in [4.69, 9.17) is 9.88 Å². The minimum absolute atomic E-state index is 0.0443. The lowest BCUT2D eigenvalue weighted by Crippen LogP contribution is -2.28. The Balaban J connectivity index is 2.05. The number of hydrogen-bond acceptors (Lipinski definition) is 4. The summed E-state index contributed by atoms with van der Waals surface area (Å²) in [7, 11) is -2.03. The van der Waals surface area contributed by atoms with Gasteiger partial charge >= 0.3 is 0 Å². The Hall–Kier alpha value is -2.64. The maximum atomic E-state index is 12.4. The molecule has 144 valence electrons. The van der Waals surface area contributed by atoms with Gasteiger partial charge in [-0.1, -0.05) is 24.3 Å². The van der Waals surface area contributed by atoms with Gasteiger partial charge in [-0.05, 0) is 55.3 Å². The number of likely N-dealkylation sites (N-methyl/N-ethyl adjacent to an activating group) is 1. The fourth-order valence-electron chi connectivity index (χ4n) is 2.48. The number of nitrogens with zero attached hydrogens (tertiary/aromatic N) is 1. The van der Waals surface area contributed by atoms with Crippen LogP contribution in [0, 0.1) is 0 Å². The first-order valence-corrected chi connectivity index (χ1v) is 10.1. The van der Waals surface area contributed by atoms with Gasteiger partial charge in [0.15, 0.2) is 0 Å². The van der Waals surface area contributed by atoms with E-state index in [1.807, 2.05) is 38.1 Å². The molecule has 0 radical (unpaired) electrons. The molecule has 0 aliphatic carbocycles. The van der Waals surface area contributed by atoms with Crippen LogP contribution < -0.4 is 9.88 Å². The molecule has 0 bridgehead atoms. The Labute approximate surface area is 160 Å². The molecular formula is C20H24N2O4S. The first-order valence-electron chi connectivity index (χ1n) is 8.53. The van der Waals surface area contributed by atoms with E-state index in [0.717, 1.165) is 16.9 Å². The van der Waals surface area contributed by atoms with Crippen LogP contribution in [0.25, 0.3) is 6.08 Å². The second-order valence-corrected chi connectivity index (χ2v) is 7.64. The summed E-state index contributed by atoms with van der Waals surface area (Å²) in [5.41, 5.74) is 1.71. The topological polar surface area (TPSA) is 89.7 Å². The van der Waals surface area contributed by atoms with Crippen molar-refractivity contribution in [3.63, 3.8) is 0 Å². The maximum absolute atomic E-state index is 12.4. The van der Waals surface area contributed by atoms with Crippen LogP contribution in [0.15, 0.2) is 59.5 Å². The van der Waals surface area contributed by atoms with Crippen molar-refractivity contribution < 1.29 is 17.9 Å². The highest BCUT2D eigenvalue weighted by Crippen LogP contribution is 2.21. The van der Waals surface area contributed by atoms with Gasteiger partial charge in [-0.25, -0.2) is 13.6 Å². The fraction of sp³-hybridized carbons (Fsp3) is 0.250. The lowest BCUT2D eigenvalue weighted by atomic mass is 10.1. The monoisotopic (exact) mass is 388 g/mol. The summed E-state index contributed by atoms with van der Waals surface area (Å²) in [6.45, 7) is 4.40. The van der Waals surface area contributed by atoms with Crippen LogP contribution in [-0.4, -0.2) is 32.9 Å². The third-order valence-electron chi connectivity index (χ3n) is 4.23. The van der Waals surface area contributed by atoms with Crippen molar-refractivity contribution in [3.05, 3.63) is 65.7 Å². The highest BCUT2D eigenvalue weighted by molar-refractivity contribution is 7.89. The van der Waals surface area contributed by atoms with Gasteiger partial charge < -0.3 is 9.64 Å². The number of benzene rings is 2. The molecule has 0 aliphatic rings. The van der Waals surface area contributed by atoms with Crippen LogP contribution in [0.4, 0.5) is 0 Å². The standard InChI is InChI=1S/C20H24N2O4S/c1-4-26-18-10-5-16(6-11-18)7-14-20(23)22(3)15(2)17-8-12-19(13-9-17)27(21,24)25/h5-15H,4H2,1-3H3,(H2,21,24,25)/b14-7+. The van der Waals surface area contributed by atoms with Crippen molar-refractivity contribution >= 4 is 22.0 Å². The number of primary sulfonamides is 1. The number of sulfonamides is 1. The molecule has 0 aliphatic heterocycles. The van der Waals surface area contributed by atoms with E-state index in [0.29, 0.717) is 6.61 Å². The Morgan fingerprint density at radius 3 is 2.26 bits per heavy atom. The lowest BCUT2D eigenvalue weighted by Gasteiger charge is -2.24. The summed E-state index contributed by atoms with van der Waals surface area (Å²) in [6.07, 6.45) is 3.25. The molecule has 0 heterocycles. The summed E-state index contributed by atoms with van der Waals surface area (Å²) in [4.78, 5) is 14.0. The summed E-state index contributed by atoms with van der Waals surface area (Å²) in [5.74, 6) is 0.626. The summed E-state index contributed by atoms with van der Waals surface area (Å²) in [5, 5.41) is 5.10. The molecule has 1 amide bonds. The van der Waals surface area contributed by atoms with Crippen molar-refractivity contribution in [2.24, 2.45) is 5.14 Å². The van der Waals surface area contributed by atoms with Gasteiger partial charge in [0, 0.05) is 13.1 Å². The van der Waals surface area contributed by atoms with Gasteiger partial charge in [0.05, 0.1) is 17.5 Å². The maximum Gasteiger partial charge on any atom is 0.246 e. The van der Waals surface area contributed by atoms with E-state index < -0.39 is 10.0 Å². The Bertz CT molecular complexity index is 904. The van der Waals surface area contributed by atoms with Crippen LogP contribution in [0.5, 0.6) is 5.75 Å². The number of rotatable bonds is 7. The molecule has 2 rings (SSSR count). The van der Waals surface area contributed by atoms with Gasteiger partial charge in [0.1, 0.15) is 5.75 Å². The van der Waals surface area contributed by atoms with E-state index in [1.165, 1.54) is 18.2 Å². The zero-order valence-electron chi connectivity index (χ0n) is 15.6. The highest BCUT2D eigenvalue weighted by Gasteiger charge is 2.16. The Morgan fingerprint density at radius 2 is 1.74 bits per heavy atom. The largest absolute Gasteiger partial charge is 0.494 e. The first-order chi connectivity index (χ1) is 12.7. The summed E-state index contributed by atoms with van der Waals surface area (Å²) >= 11 is 0. The zero-order valence-corrected chi connectivity index (χ0v) is 16.4. The molecule has 27 heavy (non-hydrogen) atoms. The molecule has 2 N–H and O–H groups in total. The summed E-state index contributed by atoms with van der Waals surface area (Å²) in [6, 6.07) is 13.4. The summed E-state index contributed by atoms with van der Waals surface area (Å²) < 4.78 is 28.0. The van der Waals surface area contributed by atoms with Gasteiger partial charge in [-0.3, -0.25) is 4.79 Å². The van der Waals surface area contributed by atoms with Gasteiger partial charge in [-0.2, -0.15) is 0 Å². The second kappa shape index (κ2) is 8.83. The van der Waals surface area contributed by atoms with Crippen LogP contribution in [0.1, 0.15) is 31.0 Å². The molecule has 0 aromatic heterocycles. The van der Waals surface area contributed by atoms with Crippen molar-refractivity contribution in [1.29, 1.82) is 0 Å². The minimum atomic E-state index is -3.73. The number of carbonyl (C=O) groups is 1. The van der Waals surface area contributed by atoms with Crippen molar-refractivity contribution in [2.45, 2.75) is 24.8 Å². The van der Waals surface area contributed by atoms with E-state index in [-0.39, 0.29) is 16.8 Å². The molecule has 0 spiro atoms. The van der Waals surface area contributed by atoms with Crippen LogP contribution in [0.2, 0.25) is 0 Å². The Kier molecular flexibility index (Phi) is 6.76. The van der Waals surface area contributed by atoms with E-state index >= 15 is 0 Å². The molecular weight excluding hydrogens is 364 g/mol. The van der Waals surface area contributed by atoms with Gasteiger partial charge in [0.25, 0.3) is 0 Å². The number of hydrogen-bond donors (Lipinski definition) is 1.